The smallest absolute Gasteiger partial charge is 0.101 e. The largest absolute Gasteiger partial charge is 0.300 e. The van der Waals surface area contributed by atoms with E-state index in [1.165, 1.54) is 5.56 Å². The summed E-state index contributed by atoms with van der Waals surface area (Å²) in [6.45, 7) is 7.39. The molecule has 0 radical (unpaired) electrons. The zero-order chi connectivity index (χ0) is 16.9. The molecule has 0 amide bonds. The van der Waals surface area contributed by atoms with E-state index in [-0.39, 0.29) is 0 Å². The van der Waals surface area contributed by atoms with E-state index in [9.17, 15) is 5.26 Å². The van der Waals surface area contributed by atoms with Crippen molar-refractivity contribution in [3.63, 3.8) is 0 Å². The Morgan fingerprint density at radius 3 is 2.38 bits per heavy atom. The molecule has 0 saturated heterocycles. The van der Waals surface area contributed by atoms with Gasteiger partial charge in [-0.2, -0.15) is 5.26 Å². The van der Waals surface area contributed by atoms with E-state index in [1.807, 2.05) is 30.3 Å². The highest BCUT2D eigenvalue weighted by Gasteiger charge is 2.09. The highest BCUT2D eigenvalue weighted by atomic mass is 15.1. The number of nitrogens with zero attached hydrogens (tertiary/aromatic N) is 3. The lowest BCUT2D eigenvalue weighted by Crippen LogP contribution is -2.21. The predicted molar refractivity (Wildman–Crippen MR) is 98.5 cm³/mol. The zero-order valence-electron chi connectivity index (χ0n) is 14.2. The molecule has 120 valence electrons. The molecule has 0 bridgehead atoms. The Labute approximate surface area is 143 Å². The molecule has 3 rings (SSSR count). The number of aromatic nitrogens is 1. The first-order chi connectivity index (χ1) is 11.7. The van der Waals surface area contributed by atoms with Crippen LogP contribution in [-0.4, -0.2) is 23.0 Å². The van der Waals surface area contributed by atoms with E-state index < -0.39 is 0 Å². The number of hydrogen-bond acceptors (Lipinski definition) is 3. The highest BCUT2D eigenvalue weighted by Crippen LogP contribution is 2.25. The molecular weight excluding hydrogens is 294 g/mol. The Morgan fingerprint density at radius 2 is 1.71 bits per heavy atom. The normalized spacial score (nSPS) is 10.9. The molecule has 0 saturated carbocycles. The summed E-state index contributed by atoms with van der Waals surface area (Å²) in [4.78, 5) is 7.09. The zero-order valence-corrected chi connectivity index (χ0v) is 14.2. The van der Waals surface area contributed by atoms with Gasteiger partial charge in [0.1, 0.15) is 6.07 Å². The summed E-state index contributed by atoms with van der Waals surface area (Å²) in [5.74, 6) is 0. The Hall–Kier alpha value is -2.70. The Balaban J connectivity index is 1.97. The number of fused-ring (bicyclic) bond motifs is 1. The van der Waals surface area contributed by atoms with Crippen LogP contribution in [0.15, 0.2) is 54.6 Å². The first-order valence-electron chi connectivity index (χ1n) is 8.36. The molecule has 1 aromatic heterocycles. The third-order valence-corrected chi connectivity index (χ3v) is 4.37. The van der Waals surface area contributed by atoms with Gasteiger partial charge in [0.05, 0.1) is 16.8 Å². The van der Waals surface area contributed by atoms with Gasteiger partial charge in [0.2, 0.25) is 0 Å². The molecule has 0 aliphatic rings. The maximum atomic E-state index is 9.48. The highest BCUT2D eigenvalue weighted by molar-refractivity contribution is 5.84. The van der Waals surface area contributed by atoms with Crippen molar-refractivity contribution < 1.29 is 0 Å². The van der Waals surface area contributed by atoms with Crippen LogP contribution >= 0.6 is 0 Å². The number of benzene rings is 2. The average Bonchev–Trinajstić information content (AvgIpc) is 2.65. The fraction of sp³-hybridized carbons (Fsp3) is 0.238. The molecule has 0 fully saturated rings. The predicted octanol–water partition coefficient (Wildman–Crippen LogP) is 4.62. The van der Waals surface area contributed by atoms with E-state index >= 15 is 0 Å². The summed E-state index contributed by atoms with van der Waals surface area (Å²) >= 11 is 0. The van der Waals surface area contributed by atoms with Gasteiger partial charge in [0.15, 0.2) is 0 Å². The summed E-state index contributed by atoms with van der Waals surface area (Å²) in [6.07, 6.45) is 0. The maximum absolute atomic E-state index is 9.48. The third kappa shape index (κ3) is 3.29. The molecule has 1 heterocycles. The van der Waals surface area contributed by atoms with Crippen molar-refractivity contribution in [3.8, 4) is 17.3 Å². The first-order valence-corrected chi connectivity index (χ1v) is 8.36. The second-order valence-electron chi connectivity index (χ2n) is 5.85. The van der Waals surface area contributed by atoms with Crippen molar-refractivity contribution >= 4 is 10.9 Å². The maximum Gasteiger partial charge on any atom is 0.101 e. The number of nitriles is 1. The Bertz CT molecular complexity index is 872. The molecule has 0 spiro atoms. The molecule has 0 N–H and O–H groups in total. The molecule has 24 heavy (non-hydrogen) atoms. The minimum atomic E-state index is 0.616. The van der Waals surface area contributed by atoms with Gasteiger partial charge in [-0.3, -0.25) is 4.90 Å². The average molecular weight is 315 g/mol. The Morgan fingerprint density at radius 1 is 1.00 bits per heavy atom. The van der Waals surface area contributed by atoms with Crippen LogP contribution in [0.25, 0.3) is 22.2 Å². The van der Waals surface area contributed by atoms with E-state index in [2.05, 4.69) is 49.1 Å². The lowest BCUT2D eigenvalue weighted by Gasteiger charge is -2.18. The van der Waals surface area contributed by atoms with Crippen LogP contribution in [0.2, 0.25) is 0 Å². The van der Waals surface area contributed by atoms with Crippen molar-refractivity contribution in [3.05, 3.63) is 65.7 Å². The molecular formula is C21H21N3. The number of rotatable bonds is 5. The van der Waals surface area contributed by atoms with E-state index in [1.54, 1.807) is 0 Å². The molecule has 2 aromatic carbocycles. The first kappa shape index (κ1) is 16.2. The fourth-order valence-electron chi connectivity index (χ4n) is 2.89. The van der Waals surface area contributed by atoms with Crippen LogP contribution < -0.4 is 0 Å². The minimum absolute atomic E-state index is 0.616. The standard InChI is InChI=1S/C21H21N3/c1-3-24(4-2)15-16-9-11-17(12-10-16)21-19(14-22)13-18-7-5-6-8-20(18)23-21/h5-13H,3-4,15H2,1-2H3. The van der Waals surface area contributed by atoms with Gasteiger partial charge in [0.25, 0.3) is 0 Å². The lowest BCUT2D eigenvalue weighted by atomic mass is 10.0. The second-order valence-corrected chi connectivity index (χ2v) is 5.85. The van der Waals surface area contributed by atoms with Crippen LogP contribution in [0.4, 0.5) is 0 Å². The van der Waals surface area contributed by atoms with Crippen molar-refractivity contribution in [2.75, 3.05) is 13.1 Å². The number of pyridine rings is 1. The van der Waals surface area contributed by atoms with E-state index in [4.69, 9.17) is 4.98 Å². The molecule has 0 unspecified atom stereocenters. The molecule has 3 heteroatoms. The van der Waals surface area contributed by atoms with Crippen LogP contribution in [0.3, 0.4) is 0 Å². The van der Waals surface area contributed by atoms with Gasteiger partial charge in [-0.25, -0.2) is 4.98 Å². The van der Waals surface area contributed by atoms with Crippen LogP contribution in [0.1, 0.15) is 25.0 Å². The summed E-state index contributed by atoms with van der Waals surface area (Å²) in [5, 5.41) is 10.5. The number of para-hydroxylation sites is 1. The number of hydrogen-bond donors (Lipinski definition) is 0. The topological polar surface area (TPSA) is 39.9 Å². The third-order valence-electron chi connectivity index (χ3n) is 4.37. The molecule has 0 aliphatic carbocycles. The second kappa shape index (κ2) is 7.25. The summed E-state index contributed by atoms with van der Waals surface area (Å²) in [5.41, 5.74) is 4.55. The molecule has 0 aliphatic heterocycles. The molecule has 3 nitrogen and oxygen atoms in total. The van der Waals surface area contributed by atoms with Crippen molar-refractivity contribution in [1.82, 2.24) is 9.88 Å². The van der Waals surface area contributed by atoms with Crippen LogP contribution in [0.5, 0.6) is 0 Å². The van der Waals surface area contributed by atoms with E-state index in [0.29, 0.717) is 5.56 Å². The Kier molecular flexibility index (Phi) is 4.88. The summed E-state index contributed by atoms with van der Waals surface area (Å²) in [7, 11) is 0. The van der Waals surface area contributed by atoms with Gasteiger partial charge in [-0.05, 0) is 30.8 Å². The van der Waals surface area contributed by atoms with Gasteiger partial charge in [-0.15, -0.1) is 0 Å². The van der Waals surface area contributed by atoms with Crippen molar-refractivity contribution in [2.24, 2.45) is 0 Å². The summed E-state index contributed by atoms with van der Waals surface area (Å²) in [6, 6.07) is 20.5. The quantitative estimate of drug-likeness (QED) is 0.690. The van der Waals surface area contributed by atoms with Gasteiger partial charge in [-0.1, -0.05) is 56.3 Å². The van der Waals surface area contributed by atoms with Gasteiger partial charge >= 0.3 is 0 Å². The van der Waals surface area contributed by atoms with Crippen LogP contribution in [0, 0.1) is 11.3 Å². The SMILES string of the molecule is CCN(CC)Cc1ccc(-c2nc3ccccc3cc2C#N)cc1. The monoisotopic (exact) mass is 315 g/mol. The summed E-state index contributed by atoms with van der Waals surface area (Å²) < 4.78 is 0. The van der Waals surface area contributed by atoms with Gasteiger partial charge < -0.3 is 0 Å². The van der Waals surface area contributed by atoms with E-state index in [0.717, 1.165) is 41.8 Å². The molecule has 3 aromatic rings. The minimum Gasteiger partial charge on any atom is -0.300 e. The van der Waals surface area contributed by atoms with Crippen molar-refractivity contribution in [2.45, 2.75) is 20.4 Å². The van der Waals surface area contributed by atoms with Crippen molar-refractivity contribution in [1.29, 1.82) is 5.26 Å². The van der Waals surface area contributed by atoms with Crippen LogP contribution in [-0.2, 0) is 6.54 Å². The fourth-order valence-corrected chi connectivity index (χ4v) is 2.89. The van der Waals surface area contributed by atoms with Gasteiger partial charge in [0, 0.05) is 17.5 Å². The lowest BCUT2D eigenvalue weighted by molar-refractivity contribution is 0.296. The molecule has 0 atom stereocenters.